The Bertz CT molecular complexity index is 1060. The van der Waals surface area contributed by atoms with Gasteiger partial charge in [-0.1, -0.05) is 0 Å². The zero-order valence-corrected chi connectivity index (χ0v) is 27.7. The molecule has 16 nitrogen and oxygen atoms in total. The minimum Gasteiger partial charge on any atom is -0.463 e. The van der Waals surface area contributed by atoms with Crippen LogP contribution in [0.2, 0.25) is 0 Å². The third-order valence-corrected chi connectivity index (χ3v) is 8.14. The molecule has 2 aliphatic rings. The molecule has 0 aromatic carbocycles. The second-order valence-electron chi connectivity index (χ2n) is 12.2. The van der Waals surface area contributed by atoms with Crippen molar-refractivity contribution in [3.63, 3.8) is 0 Å². The molecule has 1 aliphatic carbocycles. The van der Waals surface area contributed by atoms with Gasteiger partial charge in [-0.2, -0.15) is 0 Å². The number of ether oxygens (including phenoxy) is 5. The first kappa shape index (κ1) is 39.8. The summed E-state index contributed by atoms with van der Waals surface area (Å²) in [5.41, 5.74) is -0.462. The standard InChI is InChI=1S/C31H51N3O13/c1-19(37)33-27-29(46-22(4)40)28(45-21(3)39)24(16-44-20(2)38)47-30(27)43-15-6-5-8-25(41)32-14-7-9-26(42)34-23-10-12-31(17-35,18-36)13-11-23/h23-24,27-30,35-36H,5-18H2,1-4H3,(H,32,41)(H,33,37)(H,34,42)/t24-,27-,28+,29-,30-/m1/s1. The van der Waals surface area contributed by atoms with E-state index in [9.17, 15) is 39.0 Å². The maximum absolute atomic E-state index is 12.3. The van der Waals surface area contributed by atoms with Crippen LogP contribution in [0.1, 0.15) is 85.5 Å². The van der Waals surface area contributed by atoms with E-state index in [0.29, 0.717) is 51.5 Å². The lowest BCUT2D eigenvalue weighted by Gasteiger charge is -2.44. The average Bonchev–Trinajstić information content (AvgIpc) is 3.00. The molecular formula is C31H51N3O13. The van der Waals surface area contributed by atoms with Crippen molar-refractivity contribution in [1.29, 1.82) is 0 Å². The molecule has 0 bridgehead atoms. The van der Waals surface area contributed by atoms with Crippen LogP contribution in [-0.2, 0) is 52.5 Å². The molecule has 0 radical (unpaired) electrons. The molecule has 1 aliphatic heterocycles. The highest BCUT2D eigenvalue weighted by Crippen LogP contribution is 2.35. The van der Waals surface area contributed by atoms with E-state index in [1.165, 1.54) is 13.8 Å². The lowest BCUT2D eigenvalue weighted by Crippen LogP contribution is -2.66. The van der Waals surface area contributed by atoms with Crippen LogP contribution in [0, 0.1) is 5.41 Å². The molecule has 5 N–H and O–H groups in total. The third-order valence-electron chi connectivity index (χ3n) is 8.14. The van der Waals surface area contributed by atoms with Gasteiger partial charge in [0, 0.05) is 65.1 Å². The molecule has 1 heterocycles. The molecule has 16 heteroatoms. The Labute approximate surface area is 274 Å². The molecule has 47 heavy (non-hydrogen) atoms. The van der Waals surface area contributed by atoms with Crippen molar-refractivity contribution in [1.82, 2.24) is 16.0 Å². The van der Waals surface area contributed by atoms with Crippen LogP contribution < -0.4 is 16.0 Å². The predicted octanol–water partition coefficient (Wildman–Crippen LogP) is -0.244. The minimum atomic E-state index is -1.22. The normalized spacial score (nSPS) is 24.0. The highest BCUT2D eigenvalue weighted by atomic mass is 16.7. The van der Waals surface area contributed by atoms with Crippen LogP contribution in [0.3, 0.4) is 0 Å². The molecule has 0 aromatic heterocycles. The highest BCUT2D eigenvalue weighted by Gasteiger charge is 2.51. The molecule has 2 fully saturated rings. The molecule has 0 aromatic rings. The number of amides is 3. The van der Waals surface area contributed by atoms with Crippen molar-refractivity contribution < 1.29 is 62.7 Å². The van der Waals surface area contributed by atoms with E-state index in [2.05, 4.69) is 16.0 Å². The zero-order chi connectivity index (χ0) is 35.0. The Morgan fingerprint density at radius 3 is 1.98 bits per heavy atom. The fourth-order valence-corrected chi connectivity index (χ4v) is 5.63. The number of hydrogen-bond donors (Lipinski definition) is 5. The first-order chi connectivity index (χ1) is 22.3. The maximum atomic E-state index is 12.3. The van der Waals surface area contributed by atoms with Crippen LogP contribution in [0.4, 0.5) is 0 Å². The van der Waals surface area contributed by atoms with Crippen LogP contribution in [0.15, 0.2) is 0 Å². The smallest absolute Gasteiger partial charge is 0.303 e. The van der Waals surface area contributed by atoms with Gasteiger partial charge in [0.15, 0.2) is 18.5 Å². The number of hydrogen-bond acceptors (Lipinski definition) is 13. The quantitative estimate of drug-likeness (QED) is 0.0720. The topological polar surface area (TPSA) is 225 Å². The van der Waals surface area contributed by atoms with E-state index in [0.717, 1.165) is 13.8 Å². The van der Waals surface area contributed by atoms with Crippen LogP contribution >= 0.6 is 0 Å². The second kappa shape index (κ2) is 20.1. The van der Waals surface area contributed by atoms with Gasteiger partial charge in [-0.3, -0.25) is 28.8 Å². The van der Waals surface area contributed by atoms with Gasteiger partial charge in [0.2, 0.25) is 17.7 Å². The monoisotopic (exact) mass is 673 g/mol. The largest absolute Gasteiger partial charge is 0.463 e. The summed E-state index contributed by atoms with van der Waals surface area (Å²) in [6, 6.07) is -1.05. The molecule has 5 atom stereocenters. The van der Waals surface area contributed by atoms with E-state index in [-0.39, 0.29) is 57.1 Å². The van der Waals surface area contributed by atoms with E-state index < -0.39 is 59.9 Å². The Balaban J connectivity index is 1.79. The van der Waals surface area contributed by atoms with Crippen LogP contribution in [0.5, 0.6) is 0 Å². The molecule has 0 spiro atoms. The number of carbonyl (C=O) groups is 6. The van der Waals surface area contributed by atoms with Gasteiger partial charge in [-0.05, 0) is 44.9 Å². The molecule has 3 amide bonds. The summed E-state index contributed by atoms with van der Waals surface area (Å²) < 4.78 is 27.7. The van der Waals surface area contributed by atoms with Gasteiger partial charge in [-0.15, -0.1) is 0 Å². The Morgan fingerprint density at radius 2 is 1.40 bits per heavy atom. The van der Waals surface area contributed by atoms with Gasteiger partial charge in [0.05, 0.1) is 13.2 Å². The van der Waals surface area contributed by atoms with Gasteiger partial charge >= 0.3 is 17.9 Å². The van der Waals surface area contributed by atoms with Crippen molar-refractivity contribution in [2.45, 2.75) is 122 Å². The Hall–Kier alpha value is -3.34. The van der Waals surface area contributed by atoms with Crippen molar-refractivity contribution in [3.8, 4) is 0 Å². The molecule has 1 saturated heterocycles. The number of esters is 3. The summed E-state index contributed by atoms with van der Waals surface area (Å²) in [7, 11) is 0. The minimum absolute atomic E-state index is 0.0145. The molecule has 1 saturated carbocycles. The van der Waals surface area contributed by atoms with Gasteiger partial charge < -0.3 is 49.8 Å². The molecule has 268 valence electrons. The molecule has 2 rings (SSSR count). The van der Waals surface area contributed by atoms with Gasteiger partial charge in [-0.25, -0.2) is 0 Å². The van der Waals surface area contributed by atoms with E-state index in [4.69, 9.17) is 23.7 Å². The Kier molecular flexibility index (Phi) is 17.1. The second-order valence-corrected chi connectivity index (χ2v) is 12.2. The zero-order valence-electron chi connectivity index (χ0n) is 27.7. The van der Waals surface area contributed by atoms with Crippen LogP contribution in [0.25, 0.3) is 0 Å². The van der Waals surface area contributed by atoms with Crippen molar-refractivity contribution >= 4 is 35.6 Å². The highest BCUT2D eigenvalue weighted by molar-refractivity contribution is 5.77. The Morgan fingerprint density at radius 1 is 0.787 bits per heavy atom. The van der Waals surface area contributed by atoms with E-state index in [1.54, 1.807) is 0 Å². The van der Waals surface area contributed by atoms with Crippen LogP contribution in [-0.4, -0.2) is 116 Å². The fraction of sp³-hybridized carbons (Fsp3) is 0.806. The number of carbonyl (C=O) groups excluding carboxylic acids is 6. The van der Waals surface area contributed by atoms with Crippen molar-refractivity contribution in [2.75, 3.05) is 33.0 Å². The van der Waals surface area contributed by atoms with Gasteiger partial charge in [0.25, 0.3) is 0 Å². The lowest BCUT2D eigenvalue weighted by atomic mass is 9.73. The number of aliphatic hydroxyl groups is 2. The van der Waals surface area contributed by atoms with Crippen molar-refractivity contribution in [3.05, 3.63) is 0 Å². The third kappa shape index (κ3) is 14.1. The summed E-state index contributed by atoms with van der Waals surface area (Å²) in [6.07, 6.45) is -0.156. The van der Waals surface area contributed by atoms with E-state index in [1.807, 2.05) is 0 Å². The number of nitrogens with one attached hydrogen (secondary N) is 3. The summed E-state index contributed by atoms with van der Waals surface area (Å²) in [5.74, 6) is -2.81. The summed E-state index contributed by atoms with van der Waals surface area (Å²) in [5, 5.41) is 27.5. The average molecular weight is 674 g/mol. The SMILES string of the molecule is CC(=O)N[C@H]1[C@H](OCCCCC(=O)NCCCC(=O)NC2CCC(CO)(CO)CC2)O[C@H](COC(C)=O)[C@H](OC(C)=O)[C@@H]1OC(C)=O. The number of rotatable bonds is 18. The first-order valence-corrected chi connectivity index (χ1v) is 16.1. The molecular weight excluding hydrogens is 622 g/mol. The van der Waals surface area contributed by atoms with E-state index >= 15 is 0 Å². The fourth-order valence-electron chi connectivity index (χ4n) is 5.63. The summed E-state index contributed by atoms with van der Waals surface area (Å²) in [6.45, 7) is 4.70. The first-order valence-electron chi connectivity index (χ1n) is 16.1. The maximum Gasteiger partial charge on any atom is 0.303 e. The van der Waals surface area contributed by atoms with Crippen molar-refractivity contribution in [2.24, 2.45) is 5.41 Å². The summed E-state index contributed by atoms with van der Waals surface area (Å²) in [4.78, 5) is 71.9. The number of unbranched alkanes of at least 4 members (excludes halogenated alkanes) is 1. The summed E-state index contributed by atoms with van der Waals surface area (Å²) >= 11 is 0. The lowest BCUT2D eigenvalue weighted by molar-refractivity contribution is -0.277. The predicted molar refractivity (Wildman–Crippen MR) is 163 cm³/mol. The molecule has 0 unspecified atom stereocenters. The number of aliphatic hydroxyl groups excluding tert-OH is 2. The van der Waals surface area contributed by atoms with Gasteiger partial charge in [0.1, 0.15) is 18.8 Å².